The van der Waals surface area contributed by atoms with Gasteiger partial charge < -0.3 is 15.5 Å². The van der Waals surface area contributed by atoms with Crippen LogP contribution in [0.1, 0.15) is 45.7 Å². The summed E-state index contributed by atoms with van der Waals surface area (Å²) in [6, 6.07) is 8.44. The maximum absolute atomic E-state index is 12.1. The molecule has 2 atom stereocenters. The molecule has 2 N–H and O–H groups in total. The van der Waals surface area contributed by atoms with Crippen molar-refractivity contribution in [2.75, 3.05) is 18.9 Å². The van der Waals surface area contributed by atoms with Crippen molar-refractivity contribution in [3.8, 4) is 0 Å². The number of hydrogen-bond donors (Lipinski definition) is 2. The number of rotatable bonds is 6. The van der Waals surface area contributed by atoms with Crippen LogP contribution in [0.25, 0.3) is 0 Å². The Morgan fingerprint density at radius 3 is 2.60 bits per heavy atom. The number of amides is 2. The Morgan fingerprint density at radius 2 is 2.00 bits per heavy atom. The van der Waals surface area contributed by atoms with Crippen molar-refractivity contribution < 1.29 is 4.79 Å². The Labute approximate surface area is 122 Å². The van der Waals surface area contributed by atoms with E-state index < -0.39 is 0 Å². The van der Waals surface area contributed by atoms with Crippen LogP contribution in [-0.4, -0.2) is 30.6 Å². The fourth-order valence-corrected chi connectivity index (χ4v) is 2.00. The summed E-state index contributed by atoms with van der Waals surface area (Å²) >= 11 is 0. The molecular weight excluding hydrogens is 250 g/mol. The highest BCUT2D eigenvalue weighted by Gasteiger charge is 2.14. The van der Waals surface area contributed by atoms with Gasteiger partial charge in [0.25, 0.3) is 0 Å². The lowest BCUT2D eigenvalue weighted by Crippen LogP contribution is -2.37. The van der Waals surface area contributed by atoms with E-state index >= 15 is 0 Å². The van der Waals surface area contributed by atoms with Gasteiger partial charge in [-0.2, -0.15) is 0 Å². The maximum Gasteiger partial charge on any atom is 0.321 e. The summed E-state index contributed by atoms with van der Waals surface area (Å²) in [6.45, 7) is 9.25. The lowest BCUT2D eigenvalue weighted by Gasteiger charge is -2.24. The summed E-state index contributed by atoms with van der Waals surface area (Å²) in [5.74, 6) is 0. The molecule has 4 heteroatoms. The second-order valence-electron chi connectivity index (χ2n) is 5.20. The Balaban J connectivity index is 2.73. The van der Waals surface area contributed by atoms with Gasteiger partial charge in [-0.25, -0.2) is 4.79 Å². The average molecular weight is 277 g/mol. The summed E-state index contributed by atoms with van der Waals surface area (Å²) in [5, 5.41) is 6.32. The second-order valence-corrected chi connectivity index (χ2v) is 5.20. The van der Waals surface area contributed by atoms with E-state index in [-0.39, 0.29) is 18.1 Å². The monoisotopic (exact) mass is 277 g/mol. The van der Waals surface area contributed by atoms with Crippen LogP contribution < -0.4 is 10.6 Å². The lowest BCUT2D eigenvalue weighted by atomic mass is 10.1. The van der Waals surface area contributed by atoms with Gasteiger partial charge in [0.15, 0.2) is 0 Å². The van der Waals surface area contributed by atoms with E-state index in [1.807, 2.05) is 32.2 Å². The third-order valence-electron chi connectivity index (χ3n) is 3.72. The molecule has 0 radical (unpaired) electrons. The van der Waals surface area contributed by atoms with Gasteiger partial charge in [0.05, 0.1) is 0 Å². The number of nitrogens with zero attached hydrogens (tertiary/aromatic N) is 1. The molecule has 0 saturated heterocycles. The van der Waals surface area contributed by atoms with Gasteiger partial charge in [-0.05, 0) is 44.5 Å². The first-order chi connectivity index (χ1) is 9.49. The first kappa shape index (κ1) is 16.5. The Bertz CT molecular complexity index is 433. The largest absolute Gasteiger partial charge is 0.325 e. The minimum atomic E-state index is -0.0624. The summed E-state index contributed by atoms with van der Waals surface area (Å²) in [4.78, 5) is 13.9. The molecule has 0 aliphatic heterocycles. The molecule has 1 aromatic carbocycles. The Kier molecular flexibility index (Phi) is 6.52. The molecule has 0 aromatic heterocycles. The van der Waals surface area contributed by atoms with E-state index in [1.54, 1.807) is 4.90 Å². The first-order valence-electron chi connectivity index (χ1n) is 7.36. The van der Waals surface area contributed by atoms with Gasteiger partial charge in [0, 0.05) is 24.8 Å². The molecule has 4 nitrogen and oxygen atoms in total. The zero-order chi connectivity index (χ0) is 15.1. The van der Waals surface area contributed by atoms with E-state index in [0.717, 1.165) is 18.7 Å². The minimum Gasteiger partial charge on any atom is -0.325 e. The van der Waals surface area contributed by atoms with Crippen molar-refractivity contribution >= 4 is 11.7 Å². The normalized spacial score (nSPS) is 13.7. The topological polar surface area (TPSA) is 44.4 Å². The van der Waals surface area contributed by atoms with Crippen molar-refractivity contribution in [2.24, 2.45) is 0 Å². The van der Waals surface area contributed by atoms with Gasteiger partial charge in [-0.1, -0.05) is 26.0 Å². The van der Waals surface area contributed by atoms with Crippen LogP contribution in [-0.2, 0) is 0 Å². The molecule has 0 aliphatic carbocycles. The van der Waals surface area contributed by atoms with E-state index in [1.165, 1.54) is 5.56 Å². The number of carbonyl (C=O) groups excluding carboxylic acids is 1. The smallest absolute Gasteiger partial charge is 0.321 e. The van der Waals surface area contributed by atoms with Crippen LogP contribution >= 0.6 is 0 Å². The number of nitrogens with one attached hydrogen (secondary N) is 2. The number of anilines is 1. The van der Waals surface area contributed by atoms with Gasteiger partial charge in [0.1, 0.15) is 0 Å². The predicted octanol–water partition coefficient (Wildman–Crippen LogP) is 3.62. The van der Waals surface area contributed by atoms with E-state index in [0.29, 0.717) is 0 Å². The third-order valence-corrected chi connectivity index (χ3v) is 3.72. The SMILES string of the molecule is CCNC(C)c1cccc(NC(=O)N(C)C(C)CC)c1. The summed E-state index contributed by atoms with van der Waals surface area (Å²) in [6.07, 6.45) is 0.946. The predicted molar refractivity (Wildman–Crippen MR) is 85.1 cm³/mol. The summed E-state index contributed by atoms with van der Waals surface area (Å²) in [5.41, 5.74) is 2.02. The molecule has 0 spiro atoms. The molecule has 1 aromatic rings. The maximum atomic E-state index is 12.1. The highest BCUT2D eigenvalue weighted by Crippen LogP contribution is 2.18. The number of urea groups is 1. The molecule has 1 rings (SSSR count). The third kappa shape index (κ3) is 4.53. The fraction of sp³-hybridized carbons (Fsp3) is 0.562. The van der Waals surface area contributed by atoms with Crippen LogP contribution in [0.4, 0.5) is 10.5 Å². The molecule has 20 heavy (non-hydrogen) atoms. The van der Waals surface area contributed by atoms with Crippen molar-refractivity contribution in [1.82, 2.24) is 10.2 Å². The Hall–Kier alpha value is -1.55. The molecule has 0 heterocycles. The molecule has 0 saturated carbocycles. The highest BCUT2D eigenvalue weighted by atomic mass is 16.2. The van der Waals surface area contributed by atoms with Crippen molar-refractivity contribution in [3.63, 3.8) is 0 Å². The zero-order valence-corrected chi connectivity index (χ0v) is 13.2. The molecule has 2 amide bonds. The minimum absolute atomic E-state index is 0.0624. The van der Waals surface area contributed by atoms with Crippen molar-refractivity contribution in [2.45, 2.75) is 46.2 Å². The molecular formula is C16H27N3O. The lowest BCUT2D eigenvalue weighted by molar-refractivity contribution is 0.206. The van der Waals surface area contributed by atoms with Gasteiger partial charge in [-0.3, -0.25) is 0 Å². The molecule has 112 valence electrons. The second kappa shape index (κ2) is 7.90. The molecule has 0 aliphatic rings. The van der Waals surface area contributed by atoms with Crippen LogP contribution in [0.15, 0.2) is 24.3 Å². The van der Waals surface area contributed by atoms with Crippen LogP contribution in [0.2, 0.25) is 0 Å². The van der Waals surface area contributed by atoms with Gasteiger partial charge in [-0.15, -0.1) is 0 Å². The van der Waals surface area contributed by atoms with Crippen molar-refractivity contribution in [1.29, 1.82) is 0 Å². The fourth-order valence-electron chi connectivity index (χ4n) is 2.00. The van der Waals surface area contributed by atoms with Gasteiger partial charge in [0.2, 0.25) is 0 Å². The van der Waals surface area contributed by atoms with Crippen LogP contribution in [0, 0.1) is 0 Å². The van der Waals surface area contributed by atoms with Crippen LogP contribution in [0.3, 0.4) is 0 Å². The van der Waals surface area contributed by atoms with Gasteiger partial charge >= 0.3 is 6.03 Å². The summed E-state index contributed by atoms with van der Waals surface area (Å²) in [7, 11) is 1.83. The quantitative estimate of drug-likeness (QED) is 0.834. The van der Waals surface area contributed by atoms with E-state index in [9.17, 15) is 4.79 Å². The first-order valence-corrected chi connectivity index (χ1v) is 7.36. The Morgan fingerprint density at radius 1 is 1.30 bits per heavy atom. The highest BCUT2D eigenvalue weighted by molar-refractivity contribution is 5.89. The average Bonchev–Trinajstić information content (AvgIpc) is 2.46. The van der Waals surface area contributed by atoms with E-state index in [2.05, 4.69) is 37.5 Å². The summed E-state index contributed by atoms with van der Waals surface area (Å²) < 4.78 is 0. The molecule has 2 unspecified atom stereocenters. The number of carbonyl (C=O) groups is 1. The number of benzene rings is 1. The zero-order valence-electron chi connectivity index (χ0n) is 13.2. The van der Waals surface area contributed by atoms with E-state index in [4.69, 9.17) is 0 Å². The molecule has 0 bridgehead atoms. The van der Waals surface area contributed by atoms with Crippen molar-refractivity contribution in [3.05, 3.63) is 29.8 Å². The van der Waals surface area contributed by atoms with Crippen LogP contribution in [0.5, 0.6) is 0 Å². The standard InChI is InChI=1S/C16H27N3O/c1-6-12(3)19(5)16(20)18-15-10-8-9-14(11-15)13(4)17-7-2/h8-13,17H,6-7H2,1-5H3,(H,18,20). The number of hydrogen-bond acceptors (Lipinski definition) is 2. The molecule has 0 fully saturated rings.